The number of amides is 1. The number of hydrogen-bond donors (Lipinski definition) is 1. The summed E-state index contributed by atoms with van der Waals surface area (Å²) in [6.07, 6.45) is 1.38. The van der Waals surface area contributed by atoms with Crippen molar-refractivity contribution < 1.29 is 14.7 Å². The summed E-state index contributed by atoms with van der Waals surface area (Å²) in [5.41, 5.74) is -0.435. The van der Waals surface area contributed by atoms with Crippen LogP contribution in [-0.2, 0) is 30.2 Å². The topological polar surface area (TPSA) is 119 Å². The van der Waals surface area contributed by atoms with Gasteiger partial charge in [0, 0.05) is 40.7 Å². The fourth-order valence-corrected chi connectivity index (χ4v) is 2.36. The third-order valence-electron chi connectivity index (χ3n) is 3.87. The van der Waals surface area contributed by atoms with Crippen molar-refractivity contribution in [3.05, 3.63) is 27.2 Å². The molecule has 2 aromatic heterocycles. The minimum absolute atomic E-state index is 0.0908. The van der Waals surface area contributed by atoms with Crippen LogP contribution in [0.25, 0.3) is 11.2 Å². The standard InChI is InChI=1S/C14H19N5O5/c1-16(6-5-10(21)22)9(20)4-7-19-8-15-12-11(19)13(23)18(3)14(24)17(12)2/h8H,4-7H2,1-3H3,(H,21,22). The number of carbonyl (C=O) groups excluding carboxylic acids is 1. The molecule has 0 aromatic carbocycles. The zero-order chi connectivity index (χ0) is 18.0. The zero-order valence-electron chi connectivity index (χ0n) is 13.7. The first-order chi connectivity index (χ1) is 11.2. The molecule has 0 fully saturated rings. The first-order valence-corrected chi connectivity index (χ1v) is 7.30. The van der Waals surface area contributed by atoms with Gasteiger partial charge in [0.2, 0.25) is 5.91 Å². The number of aromatic nitrogens is 4. The van der Waals surface area contributed by atoms with Crippen molar-refractivity contribution in [2.24, 2.45) is 14.1 Å². The Balaban J connectivity index is 2.20. The number of carboxylic acids is 1. The first kappa shape index (κ1) is 17.4. The summed E-state index contributed by atoms with van der Waals surface area (Å²) in [7, 11) is 4.43. The molecular formula is C14H19N5O5. The van der Waals surface area contributed by atoms with Gasteiger partial charge in [0.05, 0.1) is 12.7 Å². The second-order valence-electron chi connectivity index (χ2n) is 5.52. The number of aliphatic carboxylic acids is 1. The summed E-state index contributed by atoms with van der Waals surface area (Å²) < 4.78 is 3.79. The molecule has 0 spiro atoms. The molecule has 0 aliphatic heterocycles. The lowest BCUT2D eigenvalue weighted by atomic mass is 10.3. The predicted molar refractivity (Wildman–Crippen MR) is 84.7 cm³/mol. The van der Waals surface area contributed by atoms with Crippen LogP contribution in [0.4, 0.5) is 0 Å². The van der Waals surface area contributed by atoms with Crippen LogP contribution in [0.5, 0.6) is 0 Å². The maximum atomic E-state index is 12.3. The van der Waals surface area contributed by atoms with Crippen LogP contribution in [-0.4, -0.2) is 54.2 Å². The maximum absolute atomic E-state index is 12.3. The van der Waals surface area contributed by atoms with E-state index >= 15 is 0 Å². The molecule has 2 heterocycles. The fourth-order valence-electron chi connectivity index (χ4n) is 2.36. The minimum atomic E-state index is -0.973. The van der Waals surface area contributed by atoms with Crippen LogP contribution in [0.3, 0.4) is 0 Å². The predicted octanol–water partition coefficient (Wildman–Crippen LogP) is -1.24. The van der Waals surface area contributed by atoms with Gasteiger partial charge in [0.1, 0.15) is 0 Å². The number of imidazole rings is 1. The van der Waals surface area contributed by atoms with Crippen LogP contribution in [0.2, 0.25) is 0 Å². The van der Waals surface area contributed by atoms with E-state index in [1.54, 1.807) is 0 Å². The van der Waals surface area contributed by atoms with E-state index in [-0.39, 0.29) is 43.0 Å². The van der Waals surface area contributed by atoms with E-state index in [0.29, 0.717) is 0 Å². The summed E-state index contributed by atoms with van der Waals surface area (Å²) in [5.74, 6) is -1.21. The summed E-state index contributed by atoms with van der Waals surface area (Å²) >= 11 is 0. The third-order valence-corrected chi connectivity index (χ3v) is 3.87. The van der Waals surface area contributed by atoms with Crippen molar-refractivity contribution in [1.29, 1.82) is 0 Å². The normalized spacial score (nSPS) is 11.0. The summed E-state index contributed by atoms with van der Waals surface area (Å²) in [6.45, 7) is 0.329. The minimum Gasteiger partial charge on any atom is -0.481 e. The molecule has 10 heteroatoms. The Morgan fingerprint density at radius 1 is 1.21 bits per heavy atom. The van der Waals surface area contributed by atoms with Crippen molar-refractivity contribution in [2.75, 3.05) is 13.6 Å². The van der Waals surface area contributed by atoms with Crippen molar-refractivity contribution in [1.82, 2.24) is 23.6 Å². The van der Waals surface area contributed by atoms with Crippen molar-refractivity contribution in [2.45, 2.75) is 19.4 Å². The smallest absolute Gasteiger partial charge is 0.332 e. The highest BCUT2D eigenvalue weighted by molar-refractivity contribution is 5.77. The first-order valence-electron chi connectivity index (χ1n) is 7.30. The quantitative estimate of drug-likeness (QED) is 0.704. The molecule has 0 radical (unpaired) electrons. The largest absolute Gasteiger partial charge is 0.481 e. The van der Waals surface area contributed by atoms with Crippen molar-refractivity contribution in [3.63, 3.8) is 0 Å². The lowest BCUT2D eigenvalue weighted by Gasteiger charge is -2.16. The molecule has 0 bridgehead atoms. The van der Waals surface area contributed by atoms with E-state index in [1.165, 1.54) is 41.5 Å². The van der Waals surface area contributed by atoms with E-state index in [1.807, 2.05) is 0 Å². The Morgan fingerprint density at radius 2 is 1.88 bits per heavy atom. The zero-order valence-corrected chi connectivity index (χ0v) is 13.7. The van der Waals surface area contributed by atoms with Gasteiger partial charge in [-0.1, -0.05) is 0 Å². The van der Waals surface area contributed by atoms with E-state index < -0.39 is 17.2 Å². The summed E-state index contributed by atoms with van der Waals surface area (Å²) in [5, 5.41) is 8.63. The summed E-state index contributed by atoms with van der Waals surface area (Å²) in [4.78, 5) is 52.1. The van der Waals surface area contributed by atoms with Gasteiger partial charge in [-0.2, -0.15) is 0 Å². The van der Waals surface area contributed by atoms with Gasteiger partial charge in [-0.15, -0.1) is 0 Å². The Labute approximate surface area is 136 Å². The number of carbonyl (C=O) groups is 2. The highest BCUT2D eigenvalue weighted by Gasteiger charge is 2.16. The number of carboxylic acid groups (broad SMARTS) is 1. The van der Waals surface area contributed by atoms with Gasteiger partial charge in [0.15, 0.2) is 11.2 Å². The monoisotopic (exact) mass is 337 g/mol. The number of rotatable bonds is 6. The van der Waals surface area contributed by atoms with Crippen LogP contribution >= 0.6 is 0 Å². The molecule has 0 aliphatic rings. The third kappa shape index (κ3) is 3.21. The highest BCUT2D eigenvalue weighted by atomic mass is 16.4. The Morgan fingerprint density at radius 3 is 2.50 bits per heavy atom. The van der Waals surface area contributed by atoms with Crippen molar-refractivity contribution >= 4 is 23.0 Å². The molecule has 2 aromatic rings. The van der Waals surface area contributed by atoms with E-state index in [2.05, 4.69) is 4.98 Å². The van der Waals surface area contributed by atoms with E-state index in [9.17, 15) is 19.2 Å². The SMILES string of the molecule is CN(CCC(=O)O)C(=O)CCn1cnc2c1c(=O)n(C)c(=O)n2C. The number of aryl methyl sites for hydroxylation is 2. The molecule has 0 saturated heterocycles. The van der Waals surface area contributed by atoms with Gasteiger partial charge >= 0.3 is 11.7 Å². The van der Waals surface area contributed by atoms with Crippen LogP contribution < -0.4 is 11.2 Å². The molecule has 1 amide bonds. The number of fused-ring (bicyclic) bond motifs is 1. The summed E-state index contributed by atoms with van der Waals surface area (Å²) in [6, 6.07) is 0. The lowest BCUT2D eigenvalue weighted by molar-refractivity contribution is -0.138. The van der Waals surface area contributed by atoms with Crippen LogP contribution in [0.15, 0.2) is 15.9 Å². The fraction of sp³-hybridized carbons (Fsp3) is 0.500. The van der Waals surface area contributed by atoms with Gasteiger partial charge < -0.3 is 14.6 Å². The molecular weight excluding hydrogens is 318 g/mol. The molecule has 2 rings (SSSR count). The molecule has 1 N–H and O–H groups in total. The molecule has 0 atom stereocenters. The van der Waals surface area contributed by atoms with Crippen LogP contribution in [0, 0.1) is 0 Å². The second-order valence-corrected chi connectivity index (χ2v) is 5.52. The van der Waals surface area contributed by atoms with E-state index in [4.69, 9.17) is 5.11 Å². The Bertz CT molecular complexity index is 907. The van der Waals surface area contributed by atoms with Gasteiger partial charge in [-0.05, 0) is 0 Å². The van der Waals surface area contributed by atoms with Gasteiger partial charge in [-0.25, -0.2) is 9.78 Å². The second kappa shape index (κ2) is 6.69. The Kier molecular flexibility index (Phi) is 4.86. The molecule has 0 unspecified atom stereocenters. The maximum Gasteiger partial charge on any atom is 0.332 e. The molecule has 0 saturated carbocycles. The average Bonchev–Trinajstić information content (AvgIpc) is 2.97. The van der Waals surface area contributed by atoms with Crippen LogP contribution in [0.1, 0.15) is 12.8 Å². The average molecular weight is 337 g/mol. The molecule has 130 valence electrons. The van der Waals surface area contributed by atoms with E-state index in [0.717, 1.165) is 4.57 Å². The molecule has 10 nitrogen and oxygen atoms in total. The van der Waals surface area contributed by atoms with Gasteiger partial charge in [-0.3, -0.25) is 23.5 Å². The number of nitrogens with zero attached hydrogens (tertiary/aromatic N) is 5. The van der Waals surface area contributed by atoms with Crippen molar-refractivity contribution in [3.8, 4) is 0 Å². The van der Waals surface area contributed by atoms with Gasteiger partial charge in [0.25, 0.3) is 5.56 Å². The molecule has 24 heavy (non-hydrogen) atoms. The number of hydrogen-bond acceptors (Lipinski definition) is 5. The Hall–Kier alpha value is -2.91. The molecule has 0 aliphatic carbocycles. The highest BCUT2D eigenvalue weighted by Crippen LogP contribution is 2.07. The lowest BCUT2D eigenvalue weighted by Crippen LogP contribution is -2.37.